The van der Waals surface area contributed by atoms with Gasteiger partial charge in [0.1, 0.15) is 0 Å². The van der Waals surface area contributed by atoms with Crippen LogP contribution in [0.3, 0.4) is 0 Å². The second kappa shape index (κ2) is 6.93. The number of hydrogen-bond acceptors (Lipinski definition) is 4. The van der Waals surface area contributed by atoms with Crippen LogP contribution in [0.15, 0.2) is 0 Å². The highest BCUT2D eigenvalue weighted by atomic mass is 16.1. The van der Waals surface area contributed by atoms with Crippen molar-refractivity contribution in [3.8, 4) is 0 Å². The molecule has 0 saturated carbocycles. The molecule has 0 aromatic heterocycles. The maximum atomic E-state index is 11.3. The lowest BCUT2D eigenvalue weighted by Crippen LogP contribution is -2.56. The number of nitrogens with two attached hydrogens (primary N) is 2. The fourth-order valence-electron chi connectivity index (χ4n) is 2.63. The van der Waals surface area contributed by atoms with Gasteiger partial charge in [0.15, 0.2) is 0 Å². The molecule has 17 heavy (non-hydrogen) atoms. The van der Waals surface area contributed by atoms with Gasteiger partial charge in [-0.15, -0.1) is 0 Å². The van der Waals surface area contributed by atoms with E-state index < -0.39 is 0 Å². The van der Waals surface area contributed by atoms with Gasteiger partial charge in [-0.1, -0.05) is 13.8 Å². The Bertz CT molecular complexity index is 235. The number of primary amides is 1. The van der Waals surface area contributed by atoms with Gasteiger partial charge in [-0.3, -0.25) is 14.6 Å². The molecule has 5 nitrogen and oxygen atoms in total. The molecule has 4 N–H and O–H groups in total. The van der Waals surface area contributed by atoms with E-state index in [0.717, 1.165) is 39.0 Å². The zero-order chi connectivity index (χ0) is 12.8. The van der Waals surface area contributed by atoms with Crippen molar-refractivity contribution >= 4 is 5.91 Å². The first-order valence-electron chi connectivity index (χ1n) is 6.61. The summed E-state index contributed by atoms with van der Waals surface area (Å²) in [6, 6.07) is 0.376. The first-order valence-corrected chi connectivity index (χ1v) is 6.61. The Labute approximate surface area is 104 Å². The highest BCUT2D eigenvalue weighted by Crippen LogP contribution is 2.12. The summed E-state index contributed by atoms with van der Waals surface area (Å²) in [5, 5.41) is 0. The van der Waals surface area contributed by atoms with E-state index in [0.29, 0.717) is 12.6 Å². The topological polar surface area (TPSA) is 75.6 Å². The molecule has 1 saturated heterocycles. The van der Waals surface area contributed by atoms with E-state index in [9.17, 15) is 4.79 Å². The van der Waals surface area contributed by atoms with E-state index in [2.05, 4.69) is 16.7 Å². The molecule has 0 spiro atoms. The largest absolute Gasteiger partial charge is 0.368 e. The summed E-state index contributed by atoms with van der Waals surface area (Å²) in [6.07, 6.45) is 1.88. The van der Waals surface area contributed by atoms with Gasteiger partial charge in [0.05, 0.1) is 6.04 Å². The summed E-state index contributed by atoms with van der Waals surface area (Å²) in [4.78, 5) is 15.9. The predicted molar refractivity (Wildman–Crippen MR) is 69.6 cm³/mol. The molecule has 1 rings (SSSR count). The molecule has 0 bridgehead atoms. The number of amides is 1. The lowest BCUT2D eigenvalue weighted by molar-refractivity contribution is -0.124. The molecular formula is C12H26N4O. The van der Waals surface area contributed by atoms with Gasteiger partial charge in [0.25, 0.3) is 0 Å². The number of hydrogen-bond donors (Lipinski definition) is 2. The summed E-state index contributed by atoms with van der Waals surface area (Å²) in [7, 11) is 0. The van der Waals surface area contributed by atoms with Crippen LogP contribution in [0.2, 0.25) is 0 Å². The van der Waals surface area contributed by atoms with E-state index in [1.807, 2.05) is 6.92 Å². The smallest absolute Gasteiger partial charge is 0.234 e. The summed E-state index contributed by atoms with van der Waals surface area (Å²) < 4.78 is 0. The van der Waals surface area contributed by atoms with E-state index in [1.165, 1.54) is 0 Å². The molecule has 5 heteroatoms. The van der Waals surface area contributed by atoms with Gasteiger partial charge in [0, 0.05) is 38.8 Å². The molecule has 0 aromatic carbocycles. The zero-order valence-electron chi connectivity index (χ0n) is 11.1. The van der Waals surface area contributed by atoms with Crippen LogP contribution in [0, 0.1) is 0 Å². The summed E-state index contributed by atoms with van der Waals surface area (Å²) >= 11 is 0. The second-order valence-electron chi connectivity index (χ2n) is 4.70. The molecule has 2 atom stereocenters. The molecule has 1 amide bonds. The highest BCUT2D eigenvalue weighted by molar-refractivity contribution is 5.79. The molecule has 1 aliphatic rings. The van der Waals surface area contributed by atoms with Crippen molar-refractivity contribution in [3.05, 3.63) is 0 Å². The van der Waals surface area contributed by atoms with E-state index in [1.54, 1.807) is 0 Å². The first-order chi connectivity index (χ1) is 8.13. The van der Waals surface area contributed by atoms with Crippen molar-refractivity contribution in [1.82, 2.24) is 9.80 Å². The average Bonchev–Trinajstić information content (AvgIpc) is 2.33. The molecule has 0 aliphatic carbocycles. The molecule has 0 aromatic rings. The number of rotatable bonds is 6. The van der Waals surface area contributed by atoms with Gasteiger partial charge in [-0.25, -0.2) is 0 Å². The van der Waals surface area contributed by atoms with E-state index in [4.69, 9.17) is 11.5 Å². The lowest BCUT2D eigenvalue weighted by atomic mass is 10.1. The lowest BCUT2D eigenvalue weighted by Gasteiger charge is -2.40. The molecule has 1 aliphatic heterocycles. The quantitative estimate of drug-likeness (QED) is 0.665. The van der Waals surface area contributed by atoms with Crippen molar-refractivity contribution in [1.29, 1.82) is 0 Å². The standard InChI is InChI=1S/C12H26N4O/c1-3-10(9-13)15-5-7-16(8-6-15)11(4-2)12(14)17/h10-11H,3-9,13H2,1-2H3,(H2,14,17). The van der Waals surface area contributed by atoms with Crippen molar-refractivity contribution in [2.24, 2.45) is 11.5 Å². The monoisotopic (exact) mass is 242 g/mol. The molecule has 1 heterocycles. The zero-order valence-corrected chi connectivity index (χ0v) is 11.1. The van der Waals surface area contributed by atoms with Crippen LogP contribution >= 0.6 is 0 Å². The average molecular weight is 242 g/mol. The minimum atomic E-state index is -0.202. The Morgan fingerprint density at radius 2 is 1.65 bits per heavy atom. The third kappa shape index (κ3) is 3.66. The Morgan fingerprint density at radius 3 is 2.00 bits per heavy atom. The Balaban J connectivity index is 2.47. The summed E-state index contributed by atoms with van der Waals surface area (Å²) in [6.45, 7) is 8.69. The third-order valence-electron chi connectivity index (χ3n) is 3.76. The van der Waals surface area contributed by atoms with Crippen molar-refractivity contribution in [2.45, 2.75) is 38.8 Å². The van der Waals surface area contributed by atoms with E-state index in [-0.39, 0.29) is 11.9 Å². The van der Waals surface area contributed by atoms with Crippen LogP contribution in [-0.2, 0) is 4.79 Å². The third-order valence-corrected chi connectivity index (χ3v) is 3.76. The molecule has 100 valence electrons. The van der Waals surface area contributed by atoms with Crippen molar-refractivity contribution in [2.75, 3.05) is 32.7 Å². The van der Waals surface area contributed by atoms with Gasteiger partial charge >= 0.3 is 0 Å². The fourth-order valence-corrected chi connectivity index (χ4v) is 2.63. The van der Waals surface area contributed by atoms with Crippen LogP contribution in [0.25, 0.3) is 0 Å². The van der Waals surface area contributed by atoms with Crippen molar-refractivity contribution in [3.63, 3.8) is 0 Å². The maximum Gasteiger partial charge on any atom is 0.234 e. The van der Waals surface area contributed by atoms with Crippen molar-refractivity contribution < 1.29 is 4.79 Å². The van der Waals surface area contributed by atoms with Gasteiger partial charge < -0.3 is 11.5 Å². The van der Waals surface area contributed by atoms with Crippen LogP contribution in [-0.4, -0.2) is 60.5 Å². The highest BCUT2D eigenvalue weighted by Gasteiger charge is 2.27. The normalized spacial score (nSPS) is 22.3. The molecule has 1 fully saturated rings. The van der Waals surface area contributed by atoms with Crippen LogP contribution in [0.5, 0.6) is 0 Å². The SMILES string of the molecule is CCC(CN)N1CCN(C(CC)C(N)=O)CC1. The second-order valence-corrected chi connectivity index (χ2v) is 4.70. The Hall–Kier alpha value is -0.650. The number of carbonyl (C=O) groups excluding carboxylic acids is 1. The van der Waals surface area contributed by atoms with E-state index >= 15 is 0 Å². The van der Waals surface area contributed by atoms with Gasteiger partial charge in [-0.2, -0.15) is 0 Å². The molecular weight excluding hydrogens is 216 g/mol. The van der Waals surface area contributed by atoms with Crippen LogP contribution < -0.4 is 11.5 Å². The Kier molecular flexibility index (Phi) is 5.88. The summed E-state index contributed by atoms with van der Waals surface area (Å²) in [5.74, 6) is -0.202. The molecule has 2 unspecified atom stereocenters. The Morgan fingerprint density at radius 1 is 1.12 bits per heavy atom. The predicted octanol–water partition coefficient (Wildman–Crippen LogP) is -0.395. The number of carbonyl (C=O) groups is 1. The maximum absolute atomic E-state index is 11.3. The van der Waals surface area contributed by atoms with Crippen LogP contribution in [0.1, 0.15) is 26.7 Å². The summed E-state index contributed by atoms with van der Waals surface area (Å²) in [5.41, 5.74) is 11.2. The minimum absolute atomic E-state index is 0.102. The fraction of sp³-hybridized carbons (Fsp3) is 0.917. The minimum Gasteiger partial charge on any atom is -0.368 e. The van der Waals surface area contributed by atoms with Gasteiger partial charge in [0.2, 0.25) is 5.91 Å². The van der Waals surface area contributed by atoms with Gasteiger partial charge in [-0.05, 0) is 12.8 Å². The number of piperazine rings is 1. The molecule has 0 radical (unpaired) electrons. The van der Waals surface area contributed by atoms with Crippen LogP contribution in [0.4, 0.5) is 0 Å². The first kappa shape index (κ1) is 14.4. The number of nitrogens with zero attached hydrogens (tertiary/aromatic N) is 2.